The maximum Gasteiger partial charge on any atom is 0.472 e. The van der Waals surface area contributed by atoms with Crippen LogP contribution in [0.15, 0.2) is 0 Å². The Morgan fingerprint density at radius 2 is 0.515 bits per heavy atom. The third kappa shape index (κ3) is 72.8. The molecule has 19 heteroatoms. The molecule has 0 heterocycles. The molecule has 0 aliphatic rings. The lowest BCUT2D eigenvalue weighted by molar-refractivity contribution is -0.161. The monoisotopic (exact) mass is 1450 g/mol. The number of phosphoric ester groups is 2. The molecule has 6 atom stereocenters. The van der Waals surface area contributed by atoms with Gasteiger partial charge in [0.2, 0.25) is 0 Å². The fourth-order valence-electron chi connectivity index (χ4n) is 12.3. The fourth-order valence-corrected chi connectivity index (χ4v) is 13.9. The van der Waals surface area contributed by atoms with Crippen molar-refractivity contribution in [2.24, 2.45) is 11.8 Å². The number of hydrogen-bond donors (Lipinski definition) is 3. The van der Waals surface area contributed by atoms with Crippen LogP contribution in [0.5, 0.6) is 0 Å². The van der Waals surface area contributed by atoms with Crippen molar-refractivity contribution >= 4 is 39.5 Å². The summed E-state index contributed by atoms with van der Waals surface area (Å²) in [7, 11) is -9.92. The Kier molecular flexibility index (Phi) is 70.3. The highest BCUT2D eigenvalue weighted by molar-refractivity contribution is 7.47. The fraction of sp³-hybridized carbons (Fsp3) is 0.950. The molecule has 99 heavy (non-hydrogen) atoms. The van der Waals surface area contributed by atoms with Crippen molar-refractivity contribution in [1.82, 2.24) is 0 Å². The number of aliphatic hydroxyl groups is 1. The first-order valence-corrected chi connectivity index (χ1v) is 44.5. The van der Waals surface area contributed by atoms with E-state index in [1.807, 2.05) is 0 Å². The molecule has 0 aromatic carbocycles. The second kappa shape index (κ2) is 71.7. The van der Waals surface area contributed by atoms with Gasteiger partial charge in [0.1, 0.15) is 19.3 Å². The van der Waals surface area contributed by atoms with Gasteiger partial charge in [0.15, 0.2) is 12.2 Å². The van der Waals surface area contributed by atoms with Crippen molar-refractivity contribution in [2.75, 3.05) is 39.6 Å². The maximum absolute atomic E-state index is 13.1. The van der Waals surface area contributed by atoms with E-state index in [1.54, 1.807) is 0 Å². The van der Waals surface area contributed by atoms with Gasteiger partial charge in [0.25, 0.3) is 0 Å². The van der Waals surface area contributed by atoms with Crippen LogP contribution in [0.2, 0.25) is 0 Å². The Morgan fingerprint density at radius 3 is 0.768 bits per heavy atom. The van der Waals surface area contributed by atoms with Gasteiger partial charge in [-0.05, 0) is 37.5 Å². The first-order chi connectivity index (χ1) is 47.9. The van der Waals surface area contributed by atoms with Crippen LogP contribution < -0.4 is 0 Å². The number of aliphatic hydroxyl groups excluding tert-OH is 1. The highest BCUT2D eigenvalue weighted by atomic mass is 31.2. The van der Waals surface area contributed by atoms with Gasteiger partial charge in [-0.15, -0.1) is 0 Å². The Bertz CT molecular complexity index is 1910. The summed E-state index contributed by atoms with van der Waals surface area (Å²) in [6.07, 6.45) is 60.8. The lowest BCUT2D eigenvalue weighted by Gasteiger charge is -2.21. The first-order valence-electron chi connectivity index (χ1n) is 41.5. The van der Waals surface area contributed by atoms with Crippen LogP contribution in [0.1, 0.15) is 420 Å². The number of unbranched alkanes of at least 4 members (excludes halogenated alkanes) is 48. The van der Waals surface area contributed by atoms with E-state index in [4.69, 9.17) is 37.0 Å². The van der Waals surface area contributed by atoms with Gasteiger partial charge in [0.05, 0.1) is 26.4 Å². The molecule has 0 saturated heterocycles. The molecule has 0 radical (unpaired) electrons. The molecule has 17 nitrogen and oxygen atoms in total. The molecule has 0 saturated carbocycles. The lowest BCUT2D eigenvalue weighted by Crippen LogP contribution is -2.30. The van der Waals surface area contributed by atoms with E-state index in [-0.39, 0.29) is 25.7 Å². The third-order valence-corrected chi connectivity index (χ3v) is 21.0. The van der Waals surface area contributed by atoms with Crippen molar-refractivity contribution in [3.8, 4) is 0 Å². The van der Waals surface area contributed by atoms with Gasteiger partial charge >= 0.3 is 39.5 Å². The van der Waals surface area contributed by atoms with Gasteiger partial charge in [-0.1, -0.05) is 369 Å². The Morgan fingerprint density at radius 1 is 0.293 bits per heavy atom. The highest BCUT2D eigenvalue weighted by Crippen LogP contribution is 2.45. The third-order valence-electron chi connectivity index (χ3n) is 19.1. The normalized spacial score (nSPS) is 14.2. The molecule has 0 aliphatic carbocycles. The SMILES string of the molecule is CCCCCCCCCCCCCCCCCCCC(=O)O[C@H](COC(=O)CCCCCCCCCCCCCCCCC)COP(=O)(O)OC[C@@H](O)COP(=O)(O)OC[C@@H](COC(=O)CCCCCCCCCCCCC(C)C)OC(=O)CCCCCCCCCCCCC(C)CC. The molecule has 0 bridgehead atoms. The van der Waals surface area contributed by atoms with Crippen LogP contribution in [-0.4, -0.2) is 96.7 Å². The topological polar surface area (TPSA) is 237 Å². The van der Waals surface area contributed by atoms with Crippen molar-refractivity contribution in [2.45, 2.75) is 439 Å². The van der Waals surface area contributed by atoms with Crippen LogP contribution in [0.4, 0.5) is 0 Å². The molecular weight excluding hydrogens is 1290 g/mol. The standard InChI is InChI=1S/C80H156O17P2/c1-7-10-12-14-16-18-20-22-24-25-27-29-31-40-46-52-58-64-79(84)96-75(68-90-77(82)62-56-50-44-38-30-28-26-23-21-19-17-15-13-11-8-2)70-94-98(86,87)92-66-74(81)67-93-99(88,89)95-71-76(69-91-78(83)63-57-51-45-39-34-32-36-42-48-54-60-72(4)5)97-80(85)65-59-53-47-41-35-33-37-43-49-55-61-73(6)9-3/h72-76,81H,7-71H2,1-6H3,(H,86,87)(H,88,89)/t73?,74-,75-,76-/m1/s1. The van der Waals surface area contributed by atoms with Gasteiger partial charge in [-0.25, -0.2) is 9.13 Å². The van der Waals surface area contributed by atoms with Crippen LogP contribution in [0, 0.1) is 11.8 Å². The predicted octanol–water partition coefficient (Wildman–Crippen LogP) is 23.9. The van der Waals surface area contributed by atoms with Gasteiger partial charge in [0, 0.05) is 25.7 Å². The maximum atomic E-state index is 13.1. The number of hydrogen-bond acceptors (Lipinski definition) is 15. The lowest BCUT2D eigenvalue weighted by atomic mass is 9.99. The van der Waals surface area contributed by atoms with Crippen LogP contribution >= 0.6 is 15.6 Å². The van der Waals surface area contributed by atoms with E-state index >= 15 is 0 Å². The number of rotatable bonds is 79. The zero-order valence-corrected chi connectivity index (χ0v) is 66.6. The largest absolute Gasteiger partial charge is 0.472 e. The molecule has 0 rings (SSSR count). The summed E-state index contributed by atoms with van der Waals surface area (Å²) in [5, 5.41) is 10.6. The summed E-state index contributed by atoms with van der Waals surface area (Å²) in [4.78, 5) is 73.0. The Labute approximate surface area is 607 Å². The second-order valence-electron chi connectivity index (χ2n) is 29.5. The minimum atomic E-state index is -4.96. The van der Waals surface area contributed by atoms with Crippen LogP contribution in [0.25, 0.3) is 0 Å². The number of esters is 4. The van der Waals surface area contributed by atoms with E-state index < -0.39 is 97.5 Å². The number of ether oxygens (including phenoxy) is 4. The summed E-state index contributed by atoms with van der Waals surface area (Å²) in [5.41, 5.74) is 0. The average Bonchev–Trinajstić information content (AvgIpc) is 1.02. The first kappa shape index (κ1) is 97.1. The summed E-state index contributed by atoms with van der Waals surface area (Å²) in [6.45, 7) is 9.66. The number of carbonyl (C=O) groups excluding carboxylic acids is 4. The van der Waals surface area contributed by atoms with Crippen LogP contribution in [0.3, 0.4) is 0 Å². The van der Waals surface area contributed by atoms with Gasteiger partial charge in [-0.3, -0.25) is 37.3 Å². The minimum Gasteiger partial charge on any atom is -0.462 e. The zero-order chi connectivity index (χ0) is 72.8. The van der Waals surface area contributed by atoms with Crippen molar-refractivity contribution in [3.05, 3.63) is 0 Å². The van der Waals surface area contributed by atoms with Gasteiger partial charge in [-0.2, -0.15) is 0 Å². The van der Waals surface area contributed by atoms with E-state index in [0.717, 1.165) is 102 Å². The summed E-state index contributed by atoms with van der Waals surface area (Å²) in [6, 6.07) is 0. The molecule has 0 spiro atoms. The Hall–Kier alpha value is -1.94. The quantitative estimate of drug-likeness (QED) is 0.0222. The summed E-state index contributed by atoms with van der Waals surface area (Å²) >= 11 is 0. The zero-order valence-electron chi connectivity index (χ0n) is 64.8. The molecule has 3 unspecified atom stereocenters. The van der Waals surface area contributed by atoms with E-state index in [9.17, 15) is 43.2 Å². The van der Waals surface area contributed by atoms with Crippen LogP contribution in [-0.2, 0) is 65.4 Å². The molecule has 0 aliphatic heterocycles. The molecule has 0 amide bonds. The van der Waals surface area contributed by atoms with E-state index in [1.165, 1.54) is 238 Å². The Balaban J connectivity index is 5.27. The van der Waals surface area contributed by atoms with Crippen molar-refractivity contribution in [1.29, 1.82) is 0 Å². The number of phosphoric acid groups is 2. The molecule has 0 aromatic heterocycles. The molecule has 3 N–H and O–H groups in total. The second-order valence-corrected chi connectivity index (χ2v) is 32.4. The molecule has 0 fully saturated rings. The summed E-state index contributed by atoms with van der Waals surface area (Å²) < 4.78 is 68.7. The average molecular weight is 1450 g/mol. The number of carbonyl (C=O) groups is 4. The van der Waals surface area contributed by atoms with E-state index in [2.05, 4.69) is 41.5 Å². The van der Waals surface area contributed by atoms with Crippen molar-refractivity contribution in [3.63, 3.8) is 0 Å². The minimum absolute atomic E-state index is 0.106. The predicted molar refractivity (Wildman–Crippen MR) is 405 cm³/mol. The molecule has 0 aromatic rings. The smallest absolute Gasteiger partial charge is 0.462 e. The highest BCUT2D eigenvalue weighted by Gasteiger charge is 2.30. The van der Waals surface area contributed by atoms with Crippen molar-refractivity contribution < 1.29 is 80.2 Å². The van der Waals surface area contributed by atoms with E-state index in [0.29, 0.717) is 25.7 Å². The van der Waals surface area contributed by atoms with Gasteiger partial charge < -0.3 is 33.8 Å². The molecule has 588 valence electrons. The molecular formula is C80H156O17P2. The summed E-state index contributed by atoms with van der Waals surface area (Å²) in [5.74, 6) is -0.546.